The Morgan fingerprint density at radius 2 is 1.81 bits per heavy atom. The molecule has 2 aliphatic rings. The first-order valence-electron chi connectivity index (χ1n) is 11.3. The van der Waals surface area contributed by atoms with Crippen LogP contribution in [0.4, 0.5) is 0 Å². The summed E-state index contributed by atoms with van der Waals surface area (Å²) >= 11 is 0. The van der Waals surface area contributed by atoms with Crippen LogP contribution in [-0.4, -0.2) is 58.9 Å². The second-order valence-electron chi connectivity index (χ2n) is 8.52. The highest BCUT2D eigenvalue weighted by molar-refractivity contribution is 5.94. The molecule has 0 unspecified atom stereocenters. The zero-order valence-electron chi connectivity index (χ0n) is 18.2. The number of rotatable bonds is 6. The van der Waals surface area contributed by atoms with Gasteiger partial charge in [-0.2, -0.15) is 0 Å². The second kappa shape index (κ2) is 10.1. The Bertz CT molecular complexity index is 886. The maximum atomic E-state index is 12.9. The first-order chi connectivity index (χ1) is 15.1. The molecule has 2 aromatic rings. The molecule has 1 saturated carbocycles. The smallest absolute Gasteiger partial charge is 0.276 e. The highest BCUT2D eigenvalue weighted by Gasteiger charge is 2.27. The van der Waals surface area contributed by atoms with Gasteiger partial charge >= 0.3 is 0 Å². The van der Waals surface area contributed by atoms with E-state index in [1.54, 1.807) is 30.3 Å². The summed E-state index contributed by atoms with van der Waals surface area (Å²) in [5.41, 5.74) is 0.969. The quantitative estimate of drug-likeness (QED) is 0.653. The van der Waals surface area contributed by atoms with Crippen molar-refractivity contribution in [2.75, 3.05) is 26.2 Å². The number of hydrogen-bond donors (Lipinski definition) is 0. The number of ketones is 1. The van der Waals surface area contributed by atoms with E-state index in [4.69, 9.17) is 9.26 Å². The minimum Gasteiger partial charge on any atom is -0.486 e. The molecule has 0 spiro atoms. The zero-order chi connectivity index (χ0) is 21.6. The number of amides is 1. The lowest BCUT2D eigenvalue weighted by atomic mass is 9.94. The normalized spacial score (nSPS) is 18.5. The van der Waals surface area contributed by atoms with E-state index in [-0.39, 0.29) is 18.3 Å². The van der Waals surface area contributed by atoms with Gasteiger partial charge in [-0.25, -0.2) is 0 Å². The summed E-state index contributed by atoms with van der Waals surface area (Å²) in [7, 11) is 0. The monoisotopic (exact) mass is 425 g/mol. The molecule has 2 fully saturated rings. The van der Waals surface area contributed by atoms with Crippen molar-refractivity contribution in [2.45, 2.75) is 58.1 Å². The lowest BCUT2D eigenvalue weighted by Gasteiger charge is -2.33. The topological polar surface area (TPSA) is 75.9 Å². The van der Waals surface area contributed by atoms with Crippen molar-refractivity contribution in [3.63, 3.8) is 0 Å². The maximum Gasteiger partial charge on any atom is 0.276 e. The Hall–Kier alpha value is -2.67. The summed E-state index contributed by atoms with van der Waals surface area (Å²) in [6.07, 6.45) is 7.59. The Morgan fingerprint density at radius 3 is 2.55 bits per heavy atom. The third-order valence-electron chi connectivity index (χ3n) is 6.33. The number of hydrogen-bond acceptors (Lipinski definition) is 6. The number of ether oxygens (including phenoxy) is 1. The second-order valence-corrected chi connectivity index (χ2v) is 8.52. The van der Waals surface area contributed by atoms with Crippen LogP contribution in [0.1, 0.15) is 72.1 Å². The summed E-state index contributed by atoms with van der Waals surface area (Å²) in [6, 6.07) is 9.29. The summed E-state index contributed by atoms with van der Waals surface area (Å²) in [5.74, 6) is 1.06. The Balaban J connectivity index is 1.29. The first-order valence-corrected chi connectivity index (χ1v) is 11.3. The van der Waals surface area contributed by atoms with E-state index in [0.29, 0.717) is 28.8 Å². The van der Waals surface area contributed by atoms with Gasteiger partial charge < -0.3 is 14.2 Å². The molecule has 0 radical (unpaired) electrons. The fourth-order valence-electron chi connectivity index (χ4n) is 4.54. The van der Waals surface area contributed by atoms with Crippen molar-refractivity contribution in [3.05, 3.63) is 47.3 Å². The fraction of sp³-hybridized carbons (Fsp3) is 0.542. The summed E-state index contributed by atoms with van der Waals surface area (Å²) in [6.45, 7) is 5.19. The zero-order valence-corrected chi connectivity index (χ0v) is 18.2. The van der Waals surface area contributed by atoms with Gasteiger partial charge in [0.2, 0.25) is 0 Å². The van der Waals surface area contributed by atoms with Crippen LogP contribution >= 0.6 is 0 Å². The van der Waals surface area contributed by atoms with Gasteiger partial charge in [-0.3, -0.25) is 14.5 Å². The molecule has 4 rings (SSSR count). The van der Waals surface area contributed by atoms with Gasteiger partial charge in [-0.05, 0) is 50.5 Å². The molecular formula is C24H31N3O4. The van der Waals surface area contributed by atoms with E-state index in [2.05, 4.69) is 10.1 Å². The van der Waals surface area contributed by atoms with Crippen LogP contribution in [0, 0.1) is 0 Å². The van der Waals surface area contributed by atoms with Gasteiger partial charge in [0.05, 0.1) is 0 Å². The van der Waals surface area contributed by atoms with Crippen molar-refractivity contribution in [3.8, 4) is 5.75 Å². The number of carbonyl (C=O) groups is 2. The fourth-order valence-corrected chi connectivity index (χ4v) is 4.54. The van der Waals surface area contributed by atoms with Crippen LogP contribution in [-0.2, 0) is 6.61 Å². The maximum absolute atomic E-state index is 12.9. The molecule has 7 nitrogen and oxygen atoms in total. The standard InChI is InChI=1S/C24H31N3O4/c1-18(28)19-8-10-21(11-9-19)30-17-22-16-23(25-31-22)24(29)27-13-5-12-26(14-15-27)20-6-3-2-4-7-20/h8-11,16,20H,2-7,12-15,17H2,1H3. The van der Waals surface area contributed by atoms with Gasteiger partial charge in [0, 0.05) is 43.9 Å². The molecule has 1 amide bonds. The molecule has 1 aromatic carbocycles. The number of nitrogens with zero attached hydrogens (tertiary/aromatic N) is 3. The van der Waals surface area contributed by atoms with E-state index in [1.807, 2.05) is 4.90 Å². The van der Waals surface area contributed by atoms with Crippen LogP contribution in [0.15, 0.2) is 34.9 Å². The van der Waals surface area contributed by atoms with E-state index in [0.717, 1.165) is 32.6 Å². The predicted molar refractivity (Wildman–Crippen MR) is 116 cm³/mol. The Kier molecular flexibility index (Phi) is 7.02. The molecule has 1 aliphatic heterocycles. The SMILES string of the molecule is CC(=O)c1ccc(OCc2cc(C(=O)N3CCCN(C4CCCCC4)CC3)no2)cc1. The third kappa shape index (κ3) is 5.53. The van der Waals surface area contributed by atoms with Gasteiger partial charge in [0.25, 0.3) is 5.91 Å². The van der Waals surface area contributed by atoms with Crippen molar-refractivity contribution >= 4 is 11.7 Å². The van der Waals surface area contributed by atoms with Crippen molar-refractivity contribution < 1.29 is 18.8 Å². The van der Waals surface area contributed by atoms with Gasteiger partial charge in [-0.1, -0.05) is 24.4 Å². The van der Waals surface area contributed by atoms with Crippen molar-refractivity contribution in [1.29, 1.82) is 0 Å². The number of benzene rings is 1. The van der Waals surface area contributed by atoms with Gasteiger partial charge in [0.15, 0.2) is 17.2 Å². The molecule has 1 aromatic heterocycles. The summed E-state index contributed by atoms with van der Waals surface area (Å²) in [5, 5.41) is 3.98. The van der Waals surface area contributed by atoms with Gasteiger partial charge in [-0.15, -0.1) is 0 Å². The molecule has 0 bridgehead atoms. The van der Waals surface area contributed by atoms with E-state index in [1.165, 1.54) is 39.0 Å². The Labute approximate surface area is 183 Å². The van der Waals surface area contributed by atoms with Crippen LogP contribution in [0.5, 0.6) is 5.75 Å². The minimum atomic E-state index is -0.0775. The lowest BCUT2D eigenvalue weighted by molar-refractivity contribution is 0.0744. The number of carbonyl (C=O) groups excluding carboxylic acids is 2. The van der Waals surface area contributed by atoms with E-state index < -0.39 is 0 Å². The molecule has 2 heterocycles. The third-order valence-corrected chi connectivity index (χ3v) is 6.33. The van der Waals surface area contributed by atoms with Gasteiger partial charge in [0.1, 0.15) is 12.4 Å². The molecule has 0 N–H and O–H groups in total. The van der Waals surface area contributed by atoms with Crippen LogP contribution in [0.25, 0.3) is 0 Å². The van der Waals surface area contributed by atoms with Crippen LogP contribution in [0.2, 0.25) is 0 Å². The van der Waals surface area contributed by atoms with Crippen molar-refractivity contribution in [1.82, 2.24) is 15.0 Å². The Morgan fingerprint density at radius 1 is 1.03 bits per heavy atom. The number of aromatic nitrogens is 1. The van der Waals surface area contributed by atoms with Crippen molar-refractivity contribution in [2.24, 2.45) is 0 Å². The average molecular weight is 426 g/mol. The highest BCUT2D eigenvalue weighted by Crippen LogP contribution is 2.24. The molecule has 1 saturated heterocycles. The molecular weight excluding hydrogens is 394 g/mol. The van der Waals surface area contributed by atoms with E-state index >= 15 is 0 Å². The van der Waals surface area contributed by atoms with Crippen LogP contribution in [0.3, 0.4) is 0 Å². The first kappa shape index (κ1) is 21.6. The van der Waals surface area contributed by atoms with E-state index in [9.17, 15) is 9.59 Å². The summed E-state index contributed by atoms with van der Waals surface area (Å²) in [4.78, 5) is 28.8. The molecule has 1 aliphatic carbocycles. The number of Topliss-reactive ketones (excluding diaryl/α,β-unsaturated/α-hetero) is 1. The molecule has 7 heteroatoms. The minimum absolute atomic E-state index is 0.0142. The highest BCUT2D eigenvalue weighted by atomic mass is 16.5. The van der Waals surface area contributed by atoms with Crippen LogP contribution < -0.4 is 4.74 Å². The molecule has 166 valence electrons. The largest absolute Gasteiger partial charge is 0.486 e. The predicted octanol–water partition coefficient (Wildman–Crippen LogP) is 3.94. The molecule has 31 heavy (non-hydrogen) atoms. The average Bonchev–Trinajstić information content (AvgIpc) is 3.14. The summed E-state index contributed by atoms with van der Waals surface area (Å²) < 4.78 is 11.0. The molecule has 0 atom stereocenters. The lowest BCUT2D eigenvalue weighted by Crippen LogP contribution is -2.40.